The highest BCUT2D eigenvalue weighted by Gasteiger charge is 2.12. The zero-order valence-corrected chi connectivity index (χ0v) is 16.0. The summed E-state index contributed by atoms with van der Waals surface area (Å²) >= 11 is 0. The van der Waals surface area contributed by atoms with E-state index < -0.39 is 17.7 Å². The smallest absolute Gasteiger partial charge is 0.319 e. The molecular weight excluding hydrogens is 406 g/mol. The molecule has 1 aromatic carbocycles. The van der Waals surface area contributed by atoms with Crippen LogP contribution in [0, 0.1) is 11.6 Å². The molecule has 2 amide bonds. The maximum atomic E-state index is 13.6. The van der Waals surface area contributed by atoms with E-state index in [1.165, 1.54) is 10.9 Å². The number of carbonyl (C=O) groups excluding carboxylic acids is 1. The van der Waals surface area contributed by atoms with Gasteiger partial charge in [0.25, 0.3) is 5.56 Å². The molecule has 0 aliphatic rings. The van der Waals surface area contributed by atoms with Gasteiger partial charge in [-0.15, -0.1) is 0 Å². The van der Waals surface area contributed by atoms with Crippen molar-refractivity contribution in [3.8, 4) is 16.9 Å². The van der Waals surface area contributed by atoms with Crippen molar-refractivity contribution in [3.63, 3.8) is 0 Å². The summed E-state index contributed by atoms with van der Waals surface area (Å²) in [6.45, 7) is 0.0923. The maximum absolute atomic E-state index is 13.6. The van der Waals surface area contributed by atoms with E-state index in [0.717, 1.165) is 12.1 Å². The second-order valence-corrected chi connectivity index (χ2v) is 6.52. The van der Waals surface area contributed by atoms with E-state index in [2.05, 4.69) is 25.7 Å². The van der Waals surface area contributed by atoms with Crippen LogP contribution in [-0.4, -0.2) is 25.8 Å². The molecule has 156 valence electrons. The molecule has 0 aliphatic carbocycles. The van der Waals surface area contributed by atoms with Crippen LogP contribution in [0.4, 0.5) is 19.3 Å². The lowest BCUT2D eigenvalue weighted by Crippen LogP contribution is -2.28. The molecule has 4 rings (SSSR count). The Morgan fingerprint density at radius 2 is 2.00 bits per heavy atom. The van der Waals surface area contributed by atoms with Gasteiger partial charge in [0.2, 0.25) is 0 Å². The van der Waals surface area contributed by atoms with Gasteiger partial charge in [-0.1, -0.05) is 6.07 Å². The first-order chi connectivity index (χ1) is 15.0. The van der Waals surface area contributed by atoms with Crippen LogP contribution in [0.2, 0.25) is 0 Å². The van der Waals surface area contributed by atoms with Gasteiger partial charge >= 0.3 is 6.03 Å². The van der Waals surface area contributed by atoms with E-state index in [4.69, 9.17) is 0 Å². The SMILES string of the molecule is O=C(NCc1ccnc(-n2[nH]cc(-c3cccnc3)c2=O)c1)Nc1ccc(F)cc1F. The fourth-order valence-electron chi connectivity index (χ4n) is 2.90. The van der Waals surface area contributed by atoms with Crippen LogP contribution < -0.4 is 16.2 Å². The van der Waals surface area contributed by atoms with Gasteiger partial charge in [0, 0.05) is 43.0 Å². The molecule has 0 fully saturated rings. The molecule has 0 aliphatic heterocycles. The number of aromatic nitrogens is 4. The summed E-state index contributed by atoms with van der Waals surface area (Å²) in [6.07, 6.45) is 6.27. The van der Waals surface area contributed by atoms with Crippen molar-refractivity contribution >= 4 is 11.7 Å². The van der Waals surface area contributed by atoms with Crippen LogP contribution in [0.3, 0.4) is 0 Å². The average Bonchev–Trinajstić information content (AvgIpc) is 3.16. The number of nitrogens with zero attached hydrogens (tertiary/aromatic N) is 3. The highest BCUT2D eigenvalue weighted by atomic mass is 19.1. The predicted octanol–water partition coefficient (Wildman–Crippen LogP) is 3.22. The number of rotatable bonds is 5. The number of halogens is 2. The first-order valence-corrected chi connectivity index (χ1v) is 9.17. The summed E-state index contributed by atoms with van der Waals surface area (Å²) in [5.41, 5.74) is 1.33. The quantitative estimate of drug-likeness (QED) is 0.459. The largest absolute Gasteiger partial charge is 0.334 e. The molecule has 3 heterocycles. The number of nitrogens with one attached hydrogen (secondary N) is 3. The lowest BCUT2D eigenvalue weighted by molar-refractivity contribution is 0.251. The number of H-pyrrole nitrogens is 1. The fourth-order valence-corrected chi connectivity index (χ4v) is 2.90. The van der Waals surface area contributed by atoms with Crippen LogP contribution in [-0.2, 0) is 6.54 Å². The van der Waals surface area contributed by atoms with E-state index in [1.807, 2.05) is 0 Å². The highest BCUT2D eigenvalue weighted by Crippen LogP contribution is 2.15. The summed E-state index contributed by atoms with van der Waals surface area (Å²) in [6, 6.07) is 8.99. The topological polar surface area (TPSA) is 105 Å². The molecule has 10 heteroatoms. The lowest BCUT2D eigenvalue weighted by atomic mass is 10.2. The predicted molar refractivity (Wildman–Crippen MR) is 110 cm³/mol. The Kier molecular flexibility index (Phi) is 5.52. The molecule has 8 nitrogen and oxygen atoms in total. The zero-order chi connectivity index (χ0) is 21.8. The summed E-state index contributed by atoms with van der Waals surface area (Å²) in [5, 5.41) is 7.75. The van der Waals surface area contributed by atoms with Crippen molar-refractivity contribution in [2.75, 3.05) is 5.32 Å². The number of hydrogen-bond donors (Lipinski definition) is 3. The number of aromatic amines is 1. The normalized spacial score (nSPS) is 10.6. The van der Waals surface area contributed by atoms with Gasteiger partial charge in [-0.2, -0.15) is 0 Å². The van der Waals surface area contributed by atoms with Crippen LogP contribution in [0.5, 0.6) is 0 Å². The number of carbonyl (C=O) groups is 1. The minimum Gasteiger partial charge on any atom is -0.334 e. The molecule has 0 saturated carbocycles. The second kappa shape index (κ2) is 8.57. The average molecular weight is 422 g/mol. The van der Waals surface area contributed by atoms with Gasteiger partial charge in [0.05, 0.1) is 11.3 Å². The Bertz CT molecular complexity index is 1290. The molecular formula is C21H16F2N6O2. The monoisotopic (exact) mass is 422 g/mol. The van der Waals surface area contributed by atoms with E-state index in [1.54, 1.807) is 42.9 Å². The number of hydrogen-bond acceptors (Lipinski definition) is 4. The van der Waals surface area contributed by atoms with Gasteiger partial charge in [-0.3, -0.25) is 14.9 Å². The number of urea groups is 1. The van der Waals surface area contributed by atoms with Gasteiger partial charge in [0.15, 0.2) is 5.82 Å². The van der Waals surface area contributed by atoms with E-state index >= 15 is 0 Å². The molecule has 0 bridgehead atoms. The number of benzene rings is 1. The van der Waals surface area contributed by atoms with Gasteiger partial charge in [-0.05, 0) is 35.9 Å². The third-order valence-corrected chi connectivity index (χ3v) is 4.42. The van der Waals surface area contributed by atoms with Gasteiger partial charge in [-0.25, -0.2) is 23.2 Å². The minimum atomic E-state index is -0.878. The van der Waals surface area contributed by atoms with E-state index in [9.17, 15) is 18.4 Å². The Balaban J connectivity index is 1.46. The number of anilines is 1. The molecule has 0 saturated heterocycles. The Labute approximate surface area is 174 Å². The Hall–Kier alpha value is -4.34. The summed E-state index contributed by atoms with van der Waals surface area (Å²) in [7, 11) is 0. The fraction of sp³-hybridized carbons (Fsp3) is 0.0476. The molecule has 0 spiro atoms. The van der Waals surface area contributed by atoms with Crippen molar-refractivity contribution in [2.45, 2.75) is 6.54 Å². The van der Waals surface area contributed by atoms with Crippen molar-refractivity contribution in [1.29, 1.82) is 0 Å². The van der Waals surface area contributed by atoms with Crippen LogP contribution >= 0.6 is 0 Å². The number of pyridine rings is 2. The van der Waals surface area contributed by atoms with Crippen LogP contribution in [0.25, 0.3) is 16.9 Å². The molecule has 0 atom stereocenters. The molecule has 31 heavy (non-hydrogen) atoms. The van der Waals surface area contributed by atoms with Crippen molar-refractivity contribution in [1.82, 2.24) is 25.1 Å². The third kappa shape index (κ3) is 4.47. The molecule has 0 radical (unpaired) electrons. The Morgan fingerprint density at radius 3 is 2.77 bits per heavy atom. The summed E-state index contributed by atoms with van der Waals surface area (Å²) in [5.74, 6) is -1.28. The number of amides is 2. The maximum Gasteiger partial charge on any atom is 0.319 e. The first-order valence-electron chi connectivity index (χ1n) is 9.17. The second-order valence-electron chi connectivity index (χ2n) is 6.52. The van der Waals surface area contributed by atoms with Crippen LogP contribution in [0.15, 0.2) is 72.0 Å². The molecule has 0 unspecified atom stereocenters. The van der Waals surface area contributed by atoms with E-state index in [-0.39, 0.29) is 17.8 Å². The van der Waals surface area contributed by atoms with Crippen molar-refractivity contribution in [2.24, 2.45) is 0 Å². The Morgan fingerprint density at radius 1 is 1.13 bits per heavy atom. The van der Waals surface area contributed by atoms with E-state index in [0.29, 0.717) is 28.6 Å². The lowest BCUT2D eigenvalue weighted by Gasteiger charge is -2.09. The highest BCUT2D eigenvalue weighted by molar-refractivity contribution is 5.89. The first kappa shape index (κ1) is 20.0. The zero-order valence-electron chi connectivity index (χ0n) is 16.0. The third-order valence-electron chi connectivity index (χ3n) is 4.42. The molecule has 3 N–H and O–H groups in total. The van der Waals surface area contributed by atoms with Gasteiger partial charge < -0.3 is 10.6 Å². The standard InChI is InChI=1S/C21H16F2N6O2/c22-15-3-4-18(17(23)9-15)28-21(31)26-10-13-5-7-25-19(8-13)29-20(30)16(12-27-29)14-2-1-6-24-11-14/h1-9,11-12,27H,10H2,(H2,26,28,31). The summed E-state index contributed by atoms with van der Waals surface area (Å²) in [4.78, 5) is 33.0. The van der Waals surface area contributed by atoms with Crippen molar-refractivity contribution < 1.29 is 13.6 Å². The van der Waals surface area contributed by atoms with Crippen molar-refractivity contribution in [3.05, 3.63) is 94.8 Å². The molecule has 4 aromatic rings. The summed E-state index contributed by atoms with van der Waals surface area (Å²) < 4.78 is 27.9. The van der Waals surface area contributed by atoms with Crippen LogP contribution in [0.1, 0.15) is 5.56 Å². The molecule has 3 aromatic heterocycles. The van der Waals surface area contributed by atoms with Gasteiger partial charge in [0.1, 0.15) is 11.6 Å². The minimum absolute atomic E-state index is 0.0923.